The van der Waals surface area contributed by atoms with Crippen LogP contribution in [-0.2, 0) is 4.74 Å². The molecule has 0 unspecified atom stereocenters. The maximum Gasteiger partial charge on any atom is 0.338 e. The monoisotopic (exact) mass is 347 g/mol. The molecule has 0 bridgehead atoms. The second-order valence-electron chi connectivity index (χ2n) is 6.28. The predicted molar refractivity (Wildman–Crippen MR) is 106 cm³/mol. The lowest BCUT2D eigenvalue weighted by Crippen LogP contribution is -2.11. The zero-order valence-corrected chi connectivity index (χ0v) is 15.0. The van der Waals surface area contributed by atoms with Gasteiger partial charge in [-0.05, 0) is 50.2 Å². The molecular weight excluding hydrogens is 328 g/mol. The lowest BCUT2D eigenvalue weighted by molar-refractivity contribution is 0.0378. The van der Waals surface area contributed by atoms with Crippen LogP contribution in [0, 0.1) is 0 Å². The van der Waals surface area contributed by atoms with Gasteiger partial charge in [0, 0.05) is 27.3 Å². The van der Waals surface area contributed by atoms with E-state index in [4.69, 9.17) is 4.74 Å². The van der Waals surface area contributed by atoms with Gasteiger partial charge in [0.2, 0.25) is 0 Å². The third kappa shape index (κ3) is 2.81. The summed E-state index contributed by atoms with van der Waals surface area (Å²) >= 11 is 0. The van der Waals surface area contributed by atoms with Crippen molar-refractivity contribution in [2.75, 3.05) is 0 Å². The highest BCUT2D eigenvalue weighted by molar-refractivity contribution is 7.50. The minimum Gasteiger partial charge on any atom is -0.459 e. The highest BCUT2D eigenvalue weighted by Gasteiger charge is 2.24. The fourth-order valence-electron chi connectivity index (χ4n) is 3.14. The third-order valence-corrected chi connectivity index (χ3v) is 6.47. The minimum absolute atomic E-state index is 0.119. The van der Waals surface area contributed by atoms with Gasteiger partial charge in [-0.15, -0.1) is 0 Å². The Morgan fingerprint density at radius 2 is 1.44 bits per heavy atom. The normalized spacial score (nSPS) is 11.3. The van der Waals surface area contributed by atoms with E-state index in [1.165, 1.54) is 20.2 Å². The molecule has 0 aliphatic heterocycles. The standard InChI is InChI=1S/C22H19O2S/c1-15(2)24-22(23)16-8-7-9-17(14-16)25-20-12-5-3-10-18(20)19-11-4-6-13-21(19)25/h3-15H,1-2H3/q+1. The van der Waals surface area contributed by atoms with E-state index in [0.717, 1.165) is 4.90 Å². The van der Waals surface area contributed by atoms with Crippen LogP contribution in [0.4, 0.5) is 0 Å². The Labute approximate surface area is 149 Å². The maximum atomic E-state index is 12.3. The lowest BCUT2D eigenvalue weighted by atomic mass is 10.2. The number of hydrogen-bond acceptors (Lipinski definition) is 2. The SMILES string of the molecule is CC(C)OC(=O)c1cccc(-[s+]2c3ccccc3c3ccccc32)c1. The van der Waals surface area contributed by atoms with Gasteiger partial charge in [-0.2, -0.15) is 0 Å². The van der Waals surface area contributed by atoms with Crippen molar-refractivity contribution >= 4 is 36.6 Å². The minimum atomic E-state index is -0.263. The van der Waals surface area contributed by atoms with Crippen LogP contribution < -0.4 is 0 Å². The Morgan fingerprint density at radius 3 is 2.04 bits per heavy atom. The molecule has 1 heterocycles. The van der Waals surface area contributed by atoms with Crippen LogP contribution in [0.5, 0.6) is 0 Å². The number of fused-ring (bicyclic) bond motifs is 3. The Balaban J connectivity index is 1.94. The molecule has 3 heteroatoms. The summed E-state index contributed by atoms with van der Waals surface area (Å²) in [6.07, 6.45) is -0.119. The first-order valence-electron chi connectivity index (χ1n) is 8.39. The smallest absolute Gasteiger partial charge is 0.338 e. The summed E-state index contributed by atoms with van der Waals surface area (Å²) in [4.78, 5) is 13.4. The summed E-state index contributed by atoms with van der Waals surface area (Å²) in [6, 6.07) is 24.9. The molecule has 124 valence electrons. The van der Waals surface area contributed by atoms with E-state index in [0.29, 0.717) is 5.56 Å². The summed E-state index contributed by atoms with van der Waals surface area (Å²) in [5.74, 6) is -0.263. The molecule has 0 saturated heterocycles. The molecule has 3 aromatic carbocycles. The van der Waals surface area contributed by atoms with E-state index in [1.807, 2.05) is 32.0 Å². The van der Waals surface area contributed by atoms with Crippen molar-refractivity contribution in [3.63, 3.8) is 0 Å². The van der Waals surface area contributed by atoms with Gasteiger partial charge < -0.3 is 4.74 Å². The Kier molecular flexibility index (Phi) is 4.02. The molecule has 0 spiro atoms. The lowest BCUT2D eigenvalue weighted by Gasteiger charge is -2.07. The summed E-state index contributed by atoms with van der Waals surface area (Å²) in [5.41, 5.74) is 0.612. The fourth-order valence-corrected chi connectivity index (χ4v) is 5.57. The highest BCUT2D eigenvalue weighted by atomic mass is 32.2. The number of carbonyl (C=O) groups is 1. The van der Waals surface area contributed by atoms with Gasteiger partial charge in [0.25, 0.3) is 0 Å². The molecule has 0 aliphatic carbocycles. The van der Waals surface area contributed by atoms with E-state index in [9.17, 15) is 4.79 Å². The number of esters is 1. The number of ether oxygens (including phenoxy) is 1. The summed E-state index contributed by atoms with van der Waals surface area (Å²) in [6.45, 7) is 3.74. The molecule has 2 nitrogen and oxygen atoms in total. The predicted octanol–water partition coefficient (Wildman–Crippen LogP) is 6.30. The first kappa shape index (κ1) is 15.9. The van der Waals surface area contributed by atoms with Crippen LogP contribution >= 0.6 is 10.5 Å². The molecule has 0 saturated carbocycles. The van der Waals surface area contributed by atoms with E-state index in [1.54, 1.807) is 0 Å². The molecule has 0 N–H and O–H groups in total. The van der Waals surface area contributed by atoms with Gasteiger partial charge in [-0.3, -0.25) is 0 Å². The summed E-state index contributed by atoms with van der Waals surface area (Å²) in [5, 5.41) is 2.58. The fraction of sp³-hybridized carbons (Fsp3) is 0.136. The Bertz CT molecular complexity index is 1020. The molecule has 0 amide bonds. The summed E-state index contributed by atoms with van der Waals surface area (Å²) < 4.78 is 7.99. The zero-order valence-electron chi connectivity index (χ0n) is 14.2. The molecule has 25 heavy (non-hydrogen) atoms. The van der Waals surface area contributed by atoms with Crippen LogP contribution in [0.1, 0.15) is 24.2 Å². The first-order valence-corrected chi connectivity index (χ1v) is 9.61. The van der Waals surface area contributed by atoms with Crippen LogP contribution in [0.2, 0.25) is 0 Å². The molecule has 0 aliphatic rings. The molecule has 0 fully saturated rings. The first-order chi connectivity index (χ1) is 12.1. The molecule has 0 radical (unpaired) electrons. The number of carbonyl (C=O) groups excluding carboxylic acids is 1. The van der Waals surface area contributed by atoms with Crippen molar-refractivity contribution in [3.8, 4) is 4.90 Å². The van der Waals surface area contributed by atoms with Crippen molar-refractivity contribution in [3.05, 3.63) is 78.4 Å². The molecule has 0 atom stereocenters. The van der Waals surface area contributed by atoms with Gasteiger partial charge in [-0.1, -0.05) is 30.3 Å². The van der Waals surface area contributed by atoms with Crippen molar-refractivity contribution in [1.29, 1.82) is 0 Å². The number of hydrogen-bond donors (Lipinski definition) is 0. The second kappa shape index (κ2) is 6.34. The maximum absolute atomic E-state index is 12.3. The third-order valence-electron chi connectivity index (χ3n) is 4.15. The molecule has 1 aromatic heterocycles. The van der Waals surface area contributed by atoms with E-state index < -0.39 is 0 Å². The zero-order chi connectivity index (χ0) is 17.4. The van der Waals surface area contributed by atoms with Gasteiger partial charge in [-0.25, -0.2) is 4.79 Å². The van der Waals surface area contributed by atoms with Gasteiger partial charge in [0.05, 0.1) is 11.7 Å². The van der Waals surface area contributed by atoms with Crippen molar-refractivity contribution in [2.24, 2.45) is 0 Å². The van der Waals surface area contributed by atoms with Crippen molar-refractivity contribution in [2.45, 2.75) is 20.0 Å². The van der Waals surface area contributed by atoms with Crippen molar-refractivity contribution in [1.82, 2.24) is 0 Å². The van der Waals surface area contributed by atoms with Crippen LogP contribution in [0.15, 0.2) is 72.8 Å². The van der Waals surface area contributed by atoms with Crippen molar-refractivity contribution < 1.29 is 9.53 Å². The molecule has 4 rings (SSSR count). The topological polar surface area (TPSA) is 26.3 Å². The summed E-state index contributed by atoms with van der Waals surface area (Å²) in [7, 11) is -0.188. The van der Waals surface area contributed by atoms with Gasteiger partial charge in [0.1, 0.15) is 0 Å². The second-order valence-corrected chi connectivity index (χ2v) is 8.24. The number of rotatable bonds is 3. The quantitative estimate of drug-likeness (QED) is 0.321. The highest BCUT2D eigenvalue weighted by Crippen LogP contribution is 2.48. The number of benzene rings is 3. The van der Waals surface area contributed by atoms with Crippen LogP contribution in [-0.4, -0.2) is 12.1 Å². The molecular formula is C22H19O2S+. The largest absolute Gasteiger partial charge is 0.459 e. The van der Waals surface area contributed by atoms with Gasteiger partial charge in [0.15, 0.2) is 14.3 Å². The van der Waals surface area contributed by atoms with E-state index in [2.05, 4.69) is 54.6 Å². The van der Waals surface area contributed by atoms with Crippen LogP contribution in [0.3, 0.4) is 0 Å². The van der Waals surface area contributed by atoms with E-state index >= 15 is 0 Å². The molecule has 4 aromatic rings. The average Bonchev–Trinajstić information content (AvgIpc) is 2.96. The van der Waals surface area contributed by atoms with E-state index in [-0.39, 0.29) is 22.5 Å². The van der Waals surface area contributed by atoms with Gasteiger partial charge >= 0.3 is 5.97 Å². The Hall–Kier alpha value is -2.65. The number of thiophene rings is 1. The van der Waals surface area contributed by atoms with Crippen LogP contribution in [0.25, 0.3) is 25.1 Å². The Morgan fingerprint density at radius 1 is 0.840 bits per heavy atom. The average molecular weight is 347 g/mol.